The van der Waals surface area contributed by atoms with Crippen molar-refractivity contribution in [3.8, 4) is 0 Å². The Morgan fingerprint density at radius 1 is 1.54 bits per heavy atom. The summed E-state index contributed by atoms with van der Waals surface area (Å²) in [6.45, 7) is 7.20. The number of carbonyl (C=O) groups is 1. The van der Waals surface area contributed by atoms with Gasteiger partial charge in [-0.1, -0.05) is 13.8 Å². The molecule has 1 atom stereocenters. The number of nitrogens with one attached hydrogen (secondary N) is 1. The molecule has 76 valence electrons. The van der Waals surface area contributed by atoms with Gasteiger partial charge in [-0.05, 0) is 0 Å². The van der Waals surface area contributed by atoms with Crippen LogP contribution in [0, 0.1) is 0 Å². The number of ether oxygens (including phenoxy) is 1. The molecule has 1 unspecified atom stereocenters. The maximum absolute atomic E-state index is 11.1. The smallest absolute Gasteiger partial charge is 0.410 e. The van der Waals surface area contributed by atoms with Crippen molar-refractivity contribution in [2.24, 2.45) is 0 Å². The zero-order valence-electron chi connectivity index (χ0n) is 8.38. The van der Waals surface area contributed by atoms with E-state index in [0.29, 0.717) is 12.6 Å². The minimum atomic E-state index is -0.136. The van der Waals surface area contributed by atoms with Gasteiger partial charge in [-0.2, -0.15) is 0 Å². The van der Waals surface area contributed by atoms with Crippen LogP contribution >= 0.6 is 0 Å². The standard InChI is InChI=1S/C7H12N2O2.C2H6/c10-7-9-3-2-8-5-6(9)1-4-11-7;1-2/h6,8H,1-5H2;1-2H3. The molecule has 0 saturated carbocycles. The lowest BCUT2D eigenvalue weighted by Gasteiger charge is -2.38. The van der Waals surface area contributed by atoms with Crippen molar-refractivity contribution in [1.82, 2.24) is 10.2 Å². The summed E-state index contributed by atoms with van der Waals surface area (Å²) < 4.78 is 4.91. The second-order valence-corrected chi connectivity index (χ2v) is 2.95. The zero-order chi connectivity index (χ0) is 9.68. The minimum Gasteiger partial charge on any atom is -0.449 e. The monoisotopic (exact) mass is 186 g/mol. The van der Waals surface area contributed by atoms with Gasteiger partial charge in [0.2, 0.25) is 0 Å². The number of piperazine rings is 1. The molecule has 1 amide bonds. The first kappa shape index (κ1) is 10.3. The second-order valence-electron chi connectivity index (χ2n) is 2.95. The minimum absolute atomic E-state index is 0.136. The molecule has 4 nitrogen and oxygen atoms in total. The topological polar surface area (TPSA) is 41.6 Å². The average Bonchev–Trinajstić information content (AvgIpc) is 2.22. The molecule has 2 aliphatic heterocycles. The van der Waals surface area contributed by atoms with Crippen molar-refractivity contribution in [3.05, 3.63) is 0 Å². The molecule has 1 N–H and O–H groups in total. The number of carbonyl (C=O) groups excluding carboxylic acids is 1. The lowest BCUT2D eigenvalue weighted by molar-refractivity contribution is 0.0353. The van der Waals surface area contributed by atoms with Crippen molar-refractivity contribution in [3.63, 3.8) is 0 Å². The Kier molecular flexibility index (Phi) is 4.02. The molecule has 2 fully saturated rings. The second kappa shape index (κ2) is 5.07. The van der Waals surface area contributed by atoms with Gasteiger partial charge in [-0.25, -0.2) is 4.79 Å². The summed E-state index contributed by atoms with van der Waals surface area (Å²) in [6.07, 6.45) is 0.835. The van der Waals surface area contributed by atoms with Gasteiger partial charge in [0.15, 0.2) is 0 Å². The highest BCUT2D eigenvalue weighted by Crippen LogP contribution is 2.14. The van der Waals surface area contributed by atoms with Crippen molar-refractivity contribution in [2.75, 3.05) is 26.2 Å². The summed E-state index contributed by atoms with van der Waals surface area (Å²) in [4.78, 5) is 12.9. The Morgan fingerprint density at radius 3 is 3.00 bits per heavy atom. The Morgan fingerprint density at radius 2 is 2.31 bits per heavy atom. The highest BCUT2D eigenvalue weighted by Gasteiger charge is 2.30. The fourth-order valence-corrected chi connectivity index (χ4v) is 1.62. The van der Waals surface area contributed by atoms with Crippen LogP contribution in [0.15, 0.2) is 0 Å². The van der Waals surface area contributed by atoms with E-state index in [2.05, 4.69) is 5.32 Å². The van der Waals surface area contributed by atoms with Crippen molar-refractivity contribution in [2.45, 2.75) is 26.3 Å². The lowest BCUT2D eigenvalue weighted by Crippen LogP contribution is -2.56. The summed E-state index contributed by atoms with van der Waals surface area (Å²) in [6, 6.07) is 0.380. The largest absolute Gasteiger partial charge is 0.449 e. The Labute approximate surface area is 79.2 Å². The summed E-state index contributed by atoms with van der Waals surface area (Å²) in [5.74, 6) is 0. The molecule has 0 aromatic rings. The third-order valence-corrected chi connectivity index (χ3v) is 2.26. The first-order chi connectivity index (χ1) is 6.38. The van der Waals surface area contributed by atoms with Gasteiger partial charge in [-0.15, -0.1) is 0 Å². The predicted octanol–water partition coefficient (Wildman–Crippen LogP) is 0.827. The van der Waals surface area contributed by atoms with Gasteiger partial charge in [0.25, 0.3) is 0 Å². The SMILES string of the molecule is CC.O=C1OCCC2CNCCN12. The van der Waals surface area contributed by atoms with E-state index >= 15 is 0 Å². The van der Waals surface area contributed by atoms with Crippen LogP contribution < -0.4 is 5.32 Å². The summed E-state index contributed by atoms with van der Waals surface area (Å²) in [5.41, 5.74) is 0. The summed E-state index contributed by atoms with van der Waals surface area (Å²) in [7, 11) is 0. The molecule has 0 aromatic heterocycles. The fourth-order valence-electron chi connectivity index (χ4n) is 1.62. The highest BCUT2D eigenvalue weighted by atomic mass is 16.6. The number of nitrogens with zero attached hydrogens (tertiary/aromatic N) is 1. The Balaban J connectivity index is 0.000000396. The zero-order valence-corrected chi connectivity index (χ0v) is 8.38. The van der Waals surface area contributed by atoms with Gasteiger partial charge in [0.05, 0.1) is 12.6 Å². The average molecular weight is 186 g/mol. The van der Waals surface area contributed by atoms with Crippen LogP contribution in [0.2, 0.25) is 0 Å². The number of cyclic esters (lactones) is 1. The molecule has 0 aromatic carbocycles. The summed E-state index contributed by atoms with van der Waals surface area (Å²) >= 11 is 0. The quantitative estimate of drug-likeness (QED) is 0.609. The van der Waals surface area contributed by atoms with E-state index in [9.17, 15) is 4.79 Å². The van der Waals surface area contributed by atoms with Crippen LogP contribution in [-0.2, 0) is 4.74 Å². The van der Waals surface area contributed by atoms with Crippen LogP contribution in [0.3, 0.4) is 0 Å². The molecule has 0 bridgehead atoms. The fraction of sp³-hybridized carbons (Fsp3) is 0.889. The molecular formula is C9H18N2O2. The van der Waals surface area contributed by atoms with Gasteiger partial charge in [-0.3, -0.25) is 0 Å². The van der Waals surface area contributed by atoms with Crippen LogP contribution in [0.5, 0.6) is 0 Å². The van der Waals surface area contributed by atoms with E-state index in [4.69, 9.17) is 4.74 Å². The first-order valence-electron chi connectivity index (χ1n) is 5.02. The number of hydrogen-bond donors (Lipinski definition) is 1. The highest BCUT2D eigenvalue weighted by molar-refractivity contribution is 5.69. The van der Waals surface area contributed by atoms with Gasteiger partial charge in [0, 0.05) is 26.1 Å². The maximum atomic E-state index is 11.1. The number of amides is 1. The van der Waals surface area contributed by atoms with Gasteiger partial charge >= 0.3 is 6.09 Å². The van der Waals surface area contributed by atoms with Gasteiger partial charge < -0.3 is 15.0 Å². The predicted molar refractivity (Wildman–Crippen MR) is 50.7 cm³/mol. The van der Waals surface area contributed by atoms with Gasteiger partial charge in [0.1, 0.15) is 0 Å². The van der Waals surface area contributed by atoms with E-state index < -0.39 is 0 Å². The summed E-state index contributed by atoms with van der Waals surface area (Å²) in [5, 5.41) is 3.26. The number of fused-ring (bicyclic) bond motifs is 1. The van der Waals surface area contributed by atoms with E-state index in [-0.39, 0.29) is 6.09 Å². The molecule has 0 radical (unpaired) electrons. The first-order valence-corrected chi connectivity index (χ1v) is 5.02. The van der Waals surface area contributed by atoms with E-state index in [0.717, 1.165) is 26.1 Å². The van der Waals surface area contributed by atoms with Crippen LogP contribution in [0.1, 0.15) is 20.3 Å². The van der Waals surface area contributed by atoms with E-state index in [1.54, 1.807) is 0 Å². The molecule has 13 heavy (non-hydrogen) atoms. The van der Waals surface area contributed by atoms with E-state index in [1.807, 2.05) is 18.7 Å². The third kappa shape index (κ3) is 2.34. The molecular weight excluding hydrogens is 168 g/mol. The molecule has 2 rings (SSSR count). The molecule has 2 aliphatic rings. The van der Waals surface area contributed by atoms with Crippen LogP contribution in [0.25, 0.3) is 0 Å². The lowest BCUT2D eigenvalue weighted by atomic mass is 10.1. The molecule has 0 spiro atoms. The maximum Gasteiger partial charge on any atom is 0.410 e. The van der Waals surface area contributed by atoms with E-state index in [1.165, 1.54) is 0 Å². The number of hydrogen-bond acceptors (Lipinski definition) is 3. The number of rotatable bonds is 0. The Bertz CT molecular complexity index is 171. The van der Waals surface area contributed by atoms with Crippen molar-refractivity contribution in [1.29, 1.82) is 0 Å². The van der Waals surface area contributed by atoms with Crippen molar-refractivity contribution >= 4 is 6.09 Å². The van der Waals surface area contributed by atoms with Crippen molar-refractivity contribution < 1.29 is 9.53 Å². The molecule has 0 aliphatic carbocycles. The Hall–Kier alpha value is -0.770. The van der Waals surface area contributed by atoms with Crippen LogP contribution in [0.4, 0.5) is 4.79 Å². The van der Waals surface area contributed by atoms with Crippen LogP contribution in [-0.4, -0.2) is 43.3 Å². The third-order valence-electron chi connectivity index (χ3n) is 2.26. The molecule has 2 saturated heterocycles. The molecule has 2 heterocycles. The molecule has 4 heteroatoms. The normalized spacial score (nSPS) is 26.8.